The van der Waals surface area contributed by atoms with Crippen molar-refractivity contribution in [2.24, 2.45) is 4.99 Å². The second-order valence-corrected chi connectivity index (χ2v) is 6.25. The number of aromatic nitrogens is 1. The van der Waals surface area contributed by atoms with Gasteiger partial charge in [0.25, 0.3) is 5.91 Å². The van der Waals surface area contributed by atoms with Gasteiger partial charge in [-0.1, -0.05) is 24.3 Å². The molecule has 0 spiro atoms. The minimum Gasteiger partial charge on any atom is -0.488 e. The number of hydrogen-bond donors (Lipinski definition) is 1. The maximum atomic E-state index is 12.1. The first-order valence-corrected chi connectivity index (χ1v) is 8.22. The van der Waals surface area contributed by atoms with Crippen LogP contribution >= 0.6 is 11.8 Å². The number of thioether (sulfide) groups is 1. The molecule has 2 aliphatic heterocycles. The van der Waals surface area contributed by atoms with Crippen LogP contribution in [0.25, 0.3) is 6.08 Å². The molecule has 3 heterocycles. The van der Waals surface area contributed by atoms with E-state index < -0.39 is 0 Å². The predicted molar refractivity (Wildman–Crippen MR) is 95.1 cm³/mol. The van der Waals surface area contributed by atoms with Crippen molar-refractivity contribution < 1.29 is 9.53 Å². The Morgan fingerprint density at radius 2 is 2.08 bits per heavy atom. The third kappa shape index (κ3) is 3.09. The zero-order chi connectivity index (χ0) is 16.4. The normalized spacial score (nSPS) is 19.7. The molecule has 1 aromatic carbocycles. The topological polar surface area (TPSA) is 63.6 Å². The van der Waals surface area contributed by atoms with Gasteiger partial charge >= 0.3 is 0 Å². The summed E-state index contributed by atoms with van der Waals surface area (Å²) in [6.07, 6.45) is 5.55. The van der Waals surface area contributed by atoms with Crippen molar-refractivity contribution in [2.45, 2.75) is 0 Å². The van der Waals surface area contributed by atoms with Gasteiger partial charge in [-0.3, -0.25) is 4.79 Å². The van der Waals surface area contributed by atoms with E-state index in [1.807, 2.05) is 48.6 Å². The van der Waals surface area contributed by atoms with Crippen LogP contribution in [0.15, 0.2) is 70.2 Å². The molecule has 1 amide bonds. The average Bonchev–Trinajstić information content (AvgIpc) is 2.95. The number of benzene rings is 1. The van der Waals surface area contributed by atoms with Crippen LogP contribution in [0.3, 0.4) is 0 Å². The number of pyridine rings is 1. The van der Waals surface area contributed by atoms with Gasteiger partial charge in [0.2, 0.25) is 0 Å². The van der Waals surface area contributed by atoms with Gasteiger partial charge in [0.1, 0.15) is 12.4 Å². The van der Waals surface area contributed by atoms with E-state index in [9.17, 15) is 4.79 Å². The highest BCUT2D eigenvalue weighted by atomic mass is 32.2. The van der Waals surface area contributed by atoms with Crippen molar-refractivity contribution >= 4 is 34.7 Å². The van der Waals surface area contributed by atoms with Crippen LogP contribution in [0.1, 0.15) is 5.56 Å². The molecule has 2 aromatic rings. The summed E-state index contributed by atoms with van der Waals surface area (Å²) in [5, 5.41) is 3.29. The van der Waals surface area contributed by atoms with Gasteiger partial charge < -0.3 is 10.1 Å². The molecule has 1 N–H and O–H groups in total. The van der Waals surface area contributed by atoms with E-state index >= 15 is 0 Å². The number of nitrogens with zero attached hydrogens (tertiary/aromatic N) is 2. The molecule has 6 heteroatoms. The summed E-state index contributed by atoms with van der Waals surface area (Å²) in [5.41, 5.74) is 1.96. The Labute approximate surface area is 143 Å². The predicted octanol–water partition coefficient (Wildman–Crippen LogP) is 3.29. The van der Waals surface area contributed by atoms with Crippen LogP contribution in [0.4, 0.5) is 5.82 Å². The molecule has 1 fully saturated rings. The lowest BCUT2D eigenvalue weighted by molar-refractivity contribution is -0.115. The van der Waals surface area contributed by atoms with Crippen LogP contribution in [-0.4, -0.2) is 22.7 Å². The van der Waals surface area contributed by atoms with Gasteiger partial charge in [0, 0.05) is 11.8 Å². The summed E-state index contributed by atoms with van der Waals surface area (Å²) < 4.78 is 5.71. The highest BCUT2D eigenvalue weighted by Crippen LogP contribution is 2.30. The molecule has 24 heavy (non-hydrogen) atoms. The fraction of sp³-hybridized carbons (Fsp3) is 0.0556. The van der Waals surface area contributed by atoms with Crippen molar-refractivity contribution in [1.29, 1.82) is 0 Å². The van der Waals surface area contributed by atoms with Gasteiger partial charge in [-0.25, -0.2) is 9.98 Å². The maximum Gasteiger partial charge on any atom is 0.264 e. The van der Waals surface area contributed by atoms with Crippen LogP contribution in [0.2, 0.25) is 0 Å². The van der Waals surface area contributed by atoms with E-state index in [0.717, 1.165) is 16.9 Å². The molecule has 2 aliphatic rings. The zero-order valence-corrected chi connectivity index (χ0v) is 13.4. The number of para-hydroxylation sites is 1. The van der Waals surface area contributed by atoms with Crippen molar-refractivity contribution in [3.05, 3.63) is 70.8 Å². The van der Waals surface area contributed by atoms with Gasteiger partial charge in [-0.2, -0.15) is 0 Å². The summed E-state index contributed by atoms with van der Waals surface area (Å²) in [6, 6.07) is 13.3. The van der Waals surface area contributed by atoms with Crippen LogP contribution in [-0.2, 0) is 4.79 Å². The molecular formula is C18H13N3O2S. The fourth-order valence-corrected chi connectivity index (χ4v) is 3.24. The largest absolute Gasteiger partial charge is 0.488 e. The molecule has 1 saturated heterocycles. The van der Waals surface area contributed by atoms with E-state index in [1.165, 1.54) is 11.8 Å². The number of carbonyl (C=O) groups is 1. The smallest absolute Gasteiger partial charge is 0.264 e. The summed E-state index contributed by atoms with van der Waals surface area (Å²) in [4.78, 5) is 21.2. The minimum absolute atomic E-state index is 0.158. The van der Waals surface area contributed by atoms with Gasteiger partial charge in [0.15, 0.2) is 11.0 Å². The van der Waals surface area contributed by atoms with Gasteiger partial charge in [-0.05, 0) is 47.7 Å². The lowest BCUT2D eigenvalue weighted by Gasteiger charge is -2.15. The van der Waals surface area contributed by atoms with Crippen LogP contribution < -0.4 is 10.1 Å². The second-order valence-electron chi connectivity index (χ2n) is 5.22. The van der Waals surface area contributed by atoms with Gasteiger partial charge in [0.05, 0.1) is 4.91 Å². The van der Waals surface area contributed by atoms with Crippen LogP contribution in [0.5, 0.6) is 5.75 Å². The molecule has 118 valence electrons. The number of amidine groups is 1. The highest BCUT2D eigenvalue weighted by Gasteiger charge is 2.24. The van der Waals surface area contributed by atoms with E-state index in [4.69, 9.17) is 4.74 Å². The molecule has 0 aliphatic carbocycles. The van der Waals surface area contributed by atoms with Gasteiger partial charge in [-0.15, -0.1) is 0 Å². The SMILES string of the molecule is O=C1N/C(=N\c2ccccn2)S/C1=C/C1=Cc2ccccc2OC1. The standard InChI is InChI=1S/C18H13N3O2S/c22-17-15(24-18(21-17)20-16-7-3-4-8-19-16)10-12-9-13-5-1-2-6-14(13)23-11-12/h1-10H,11H2,(H,19,20,21,22)/b15-10+. The number of ether oxygens (including phenoxy) is 1. The second kappa shape index (κ2) is 6.33. The first kappa shape index (κ1) is 14.7. The zero-order valence-electron chi connectivity index (χ0n) is 12.6. The Bertz CT molecular complexity index is 888. The average molecular weight is 335 g/mol. The summed E-state index contributed by atoms with van der Waals surface area (Å²) in [5.74, 6) is 1.27. The first-order chi connectivity index (χ1) is 11.8. The Balaban J connectivity index is 1.57. The summed E-state index contributed by atoms with van der Waals surface area (Å²) in [6.45, 7) is 0.446. The molecule has 0 radical (unpaired) electrons. The molecule has 1 aromatic heterocycles. The van der Waals surface area contributed by atoms with Crippen molar-refractivity contribution in [3.63, 3.8) is 0 Å². The molecule has 0 unspecified atom stereocenters. The van der Waals surface area contributed by atoms with E-state index in [2.05, 4.69) is 15.3 Å². The number of fused-ring (bicyclic) bond motifs is 1. The number of amides is 1. The lowest BCUT2D eigenvalue weighted by atomic mass is 10.1. The fourth-order valence-electron chi connectivity index (χ4n) is 2.39. The molecule has 4 rings (SSSR count). The molecule has 0 bridgehead atoms. The Morgan fingerprint density at radius 3 is 2.96 bits per heavy atom. The molecule has 0 saturated carbocycles. The van der Waals surface area contributed by atoms with Crippen molar-refractivity contribution in [3.8, 4) is 5.75 Å². The number of carbonyl (C=O) groups excluding carboxylic acids is 1. The Morgan fingerprint density at radius 1 is 1.21 bits per heavy atom. The highest BCUT2D eigenvalue weighted by molar-refractivity contribution is 8.18. The Hall–Kier alpha value is -2.86. The van der Waals surface area contributed by atoms with Crippen molar-refractivity contribution in [1.82, 2.24) is 10.3 Å². The molecule has 0 atom stereocenters. The van der Waals surface area contributed by atoms with E-state index in [1.54, 1.807) is 12.3 Å². The lowest BCUT2D eigenvalue weighted by Crippen LogP contribution is -2.19. The molecule has 5 nitrogen and oxygen atoms in total. The quantitative estimate of drug-likeness (QED) is 0.856. The van der Waals surface area contributed by atoms with E-state index in [0.29, 0.717) is 22.5 Å². The maximum absolute atomic E-state index is 12.1. The summed E-state index contributed by atoms with van der Waals surface area (Å²) in [7, 11) is 0. The number of rotatable bonds is 2. The number of nitrogens with one attached hydrogen (secondary N) is 1. The third-order valence-electron chi connectivity index (χ3n) is 3.49. The van der Waals surface area contributed by atoms with E-state index in [-0.39, 0.29) is 5.91 Å². The minimum atomic E-state index is -0.158. The van der Waals surface area contributed by atoms with Crippen molar-refractivity contribution in [2.75, 3.05) is 6.61 Å². The Kier molecular flexibility index (Phi) is 3.88. The molecular weight excluding hydrogens is 322 g/mol. The monoisotopic (exact) mass is 335 g/mol. The first-order valence-electron chi connectivity index (χ1n) is 7.41. The third-order valence-corrected chi connectivity index (χ3v) is 4.40. The number of hydrogen-bond acceptors (Lipinski definition) is 5. The number of aliphatic imine (C=N–C) groups is 1. The van der Waals surface area contributed by atoms with Crippen LogP contribution in [0, 0.1) is 0 Å². The summed E-state index contributed by atoms with van der Waals surface area (Å²) >= 11 is 1.30.